The third kappa shape index (κ3) is 2.47. The van der Waals surface area contributed by atoms with Gasteiger partial charge < -0.3 is 9.84 Å². The fourth-order valence-electron chi connectivity index (χ4n) is 5.53. The molecule has 4 aliphatic carbocycles. The molecule has 23 heavy (non-hydrogen) atoms. The smallest absolute Gasteiger partial charge is 0.240 e. The number of hydrogen-bond donors (Lipinski definition) is 1. The van der Waals surface area contributed by atoms with E-state index >= 15 is 0 Å². The number of rotatable bonds is 4. The van der Waals surface area contributed by atoms with E-state index in [1.54, 1.807) is 12.4 Å². The van der Waals surface area contributed by atoms with E-state index in [1.807, 2.05) is 12.1 Å². The van der Waals surface area contributed by atoms with Gasteiger partial charge in [0.2, 0.25) is 11.7 Å². The first-order valence-corrected chi connectivity index (χ1v) is 8.76. The van der Waals surface area contributed by atoms with Crippen LogP contribution in [-0.2, 0) is 6.54 Å². The second kappa shape index (κ2) is 5.13. The Balaban J connectivity index is 1.29. The Kier molecular flexibility index (Phi) is 3.05. The molecule has 0 unspecified atom stereocenters. The summed E-state index contributed by atoms with van der Waals surface area (Å²) in [4.78, 5) is 8.62. The van der Waals surface area contributed by atoms with Crippen molar-refractivity contribution in [3.8, 4) is 11.4 Å². The molecule has 0 aromatic carbocycles. The molecule has 0 spiro atoms. The molecule has 4 saturated carbocycles. The van der Waals surface area contributed by atoms with Crippen molar-refractivity contribution in [2.24, 2.45) is 17.8 Å². The molecule has 0 atom stereocenters. The van der Waals surface area contributed by atoms with Crippen LogP contribution in [0.1, 0.15) is 44.4 Å². The summed E-state index contributed by atoms with van der Waals surface area (Å²) in [6, 6.07) is 3.84. The van der Waals surface area contributed by atoms with Crippen LogP contribution in [0.15, 0.2) is 29.0 Å². The standard InChI is InChI=1S/C18H22N4O/c1-2-15(10-19-3-1)17-21-16(23-22-17)11-20-18-7-12-4-13(8-18)6-14(5-12)9-18/h1-3,10,12-14,20H,4-9,11H2. The Labute approximate surface area is 135 Å². The average molecular weight is 310 g/mol. The molecule has 0 amide bonds. The normalized spacial score (nSPS) is 34.9. The van der Waals surface area contributed by atoms with Gasteiger partial charge in [-0.1, -0.05) is 5.16 Å². The van der Waals surface area contributed by atoms with E-state index in [2.05, 4.69) is 20.4 Å². The molecule has 0 aliphatic heterocycles. The van der Waals surface area contributed by atoms with Gasteiger partial charge in [-0.3, -0.25) is 4.98 Å². The van der Waals surface area contributed by atoms with Crippen LogP contribution in [0.3, 0.4) is 0 Å². The van der Waals surface area contributed by atoms with Crippen molar-refractivity contribution in [2.75, 3.05) is 0 Å². The Bertz CT molecular complexity index is 661. The fraction of sp³-hybridized carbons (Fsp3) is 0.611. The summed E-state index contributed by atoms with van der Waals surface area (Å²) in [7, 11) is 0. The zero-order chi connectivity index (χ0) is 15.3. The molecule has 0 saturated heterocycles. The van der Waals surface area contributed by atoms with E-state index < -0.39 is 0 Å². The Morgan fingerprint density at radius 1 is 1.13 bits per heavy atom. The highest BCUT2D eigenvalue weighted by Gasteiger charge is 2.50. The second-order valence-electron chi connectivity index (χ2n) is 7.80. The summed E-state index contributed by atoms with van der Waals surface area (Å²) in [6.45, 7) is 0.680. The Hall–Kier alpha value is -1.75. The molecule has 2 heterocycles. The molecule has 5 heteroatoms. The minimum Gasteiger partial charge on any atom is -0.338 e. The number of aromatic nitrogens is 3. The Morgan fingerprint density at radius 3 is 2.52 bits per heavy atom. The third-order valence-corrected chi connectivity index (χ3v) is 6.04. The summed E-state index contributed by atoms with van der Waals surface area (Å²) in [5, 5.41) is 7.88. The summed E-state index contributed by atoms with van der Waals surface area (Å²) >= 11 is 0. The fourth-order valence-corrected chi connectivity index (χ4v) is 5.53. The highest BCUT2D eigenvalue weighted by Crippen LogP contribution is 2.55. The zero-order valence-electron chi connectivity index (χ0n) is 13.2. The monoisotopic (exact) mass is 310 g/mol. The second-order valence-corrected chi connectivity index (χ2v) is 7.80. The molecular formula is C18H22N4O. The van der Waals surface area contributed by atoms with Crippen LogP contribution >= 0.6 is 0 Å². The van der Waals surface area contributed by atoms with Gasteiger partial charge in [0.1, 0.15) is 0 Å². The van der Waals surface area contributed by atoms with Crippen molar-refractivity contribution in [1.82, 2.24) is 20.4 Å². The van der Waals surface area contributed by atoms with Gasteiger partial charge in [0, 0.05) is 23.5 Å². The van der Waals surface area contributed by atoms with E-state index in [0.29, 0.717) is 23.8 Å². The first-order valence-electron chi connectivity index (χ1n) is 8.76. The maximum Gasteiger partial charge on any atom is 0.240 e. The van der Waals surface area contributed by atoms with Crippen LogP contribution in [0, 0.1) is 17.8 Å². The maximum atomic E-state index is 5.43. The molecule has 2 aromatic rings. The summed E-state index contributed by atoms with van der Waals surface area (Å²) in [5.74, 6) is 4.15. The van der Waals surface area contributed by atoms with Gasteiger partial charge in [-0.05, 0) is 68.4 Å². The molecule has 4 bridgehead atoms. The highest BCUT2D eigenvalue weighted by atomic mass is 16.5. The van der Waals surface area contributed by atoms with Gasteiger partial charge in [0.25, 0.3) is 0 Å². The largest absolute Gasteiger partial charge is 0.338 e. The molecule has 4 fully saturated rings. The van der Waals surface area contributed by atoms with Crippen LogP contribution in [0.25, 0.3) is 11.4 Å². The van der Waals surface area contributed by atoms with Crippen molar-refractivity contribution in [1.29, 1.82) is 0 Å². The van der Waals surface area contributed by atoms with Crippen molar-refractivity contribution in [2.45, 2.75) is 50.6 Å². The van der Waals surface area contributed by atoms with E-state index in [0.717, 1.165) is 23.3 Å². The molecular weight excluding hydrogens is 288 g/mol. The lowest BCUT2D eigenvalue weighted by atomic mass is 9.53. The van der Waals surface area contributed by atoms with Gasteiger partial charge in [-0.25, -0.2) is 0 Å². The number of hydrogen-bond acceptors (Lipinski definition) is 5. The SMILES string of the molecule is c1cncc(-c2noc(CNC34CC5CC(CC(C5)C3)C4)n2)c1. The molecule has 2 aromatic heterocycles. The molecule has 0 radical (unpaired) electrons. The summed E-state index contributed by atoms with van der Waals surface area (Å²) in [5.41, 5.74) is 1.23. The highest BCUT2D eigenvalue weighted by molar-refractivity contribution is 5.51. The minimum atomic E-state index is 0.331. The van der Waals surface area contributed by atoms with E-state index in [-0.39, 0.29) is 0 Å². The van der Waals surface area contributed by atoms with Crippen molar-refractivity contribution in [3.05, 3.63) is 30.4 Å². The molecule has 1 N–H and O–H groups in total. The average Bonchev–Trinajstić information content (AvgIpc) is 3.02. The quantitative estimate of drug-likeness (QED) is 0.939. The van der Waals surface area contributed by atoms with Crippen molar-refractivity contribution >= 4 is 0 Å². The van der Waals surface area contributed by atoms with Gasteiger partial charge in [0.15, 0.2) is 0 Å². The molecule has 4 aliphatic rings. The van der Waals surface area contributed by atoms with Crippen LogP contribution < -0.4 is 5.32 Å². The maximum absolute atomic E-state index is 5.43. The zero-order valence-corrected chi connectivity index (χ0v) is 13.2. The predicted molar refractivity (Wildman–Crippen MR) is 85.3 cm³/mol. The number of pyridine rings is 1. The molecule has 120 valence electrons. The predicted octanol–water partition coefficient (Wildman–Crippen LogP) is 3.19. The van der Waals surface area contributed by atoms with Crippen LogP contribution in [0.5, 0.6) is 0 Å². The Morgan fingerprint density at radius 2 is 1.87 bits per heavy atom. The third-order valence-electron chi connectivity index (χ3n) is 6.04. The number of nitrogens with one attached hydrogen (secondary N) is 1. The first kappa shape index (κ1) is 13.7. The van der Waals surface area contributed by atoms with Gasteiger partial charge in [-0.15, -0.1) is 0 Å². The molecule has 6 rings (SSSR count). The van der Waals surface area contributed by atoms with E-state index in [4.69, 9.17) is 4.52 Å². The van der Waals surface area contributed by atoms with Crippen molar-refractivity contribution < 1.29 is 4.52 Å². The molecule has 5 nitrogen and oxygen atoms in total. The van der Waals surface area contributed by atoms with Crippen LogP contribution in [0.4, 0.5) is 0 Å². The van der Waals surface area contributed by atoms with E-state index in [1.165, 1.54) is 38.5 Å². The van der Waals surface area contributed by atoms with Gasteiger partial charge >= 0.3 is 0 Å². The summed E-state index contributed by atoms with van der Waals surface area (Å²) in [6.07, 6.45) is 11.9. The lowest BCUT2D eigenvalue weighted by Gasteiger charge is -2.57. The van der Waals surface area contributed by atoms with E-state index in [9.17, 15) is 0 Å². The van der Waals surface area contributed by atoms with Crippen LogP contribution in [0.2, 0.25) is 0 Å². The summed E-state index contributed by atoms with van der Waals surface area (Å²) < 4.78 is 5.43. The topological polar surface area (TPSA) is 63.8 Å². The lowest BCUT2D eigenvalue weighted by Crippen LogP contribution is -2.58. The first-order chi connectivity index (χ1) is 11.3. The number of nitrogens with zero attached hydrogens (tertiary/aromatic N) is 3. The van der Waals surface area contributed by atoms with Gasteiger partial charge in [-0.2, -0.15) is 4.98 Å². The lowest BCUT2D eigenvalue weighted by molar-refractivity contribution is -0.0217. The van der Waals surface area contributed by atoms with Crippen LogP contribution in [-0.4, -0.2) is 20.7 Å². The minimum absolute atomic E-state index is 0.331. The van der Waals surface area contributed by atoms with Crippen molar-refractivity contribution in [3.63, 3.8) is 0 Å². The van der Waals surface area contributed by atoms with Gasteiger partial charge in [0.05, 0.1) is 6.54 Å².